The number of rotatable bonds is 4. The van der Waals surface area contributed by atoms with Crippen LogP contribution in [0.5, 0.6) is 0 Å². The van der Waals surface area contributed by atoms with E-state index < -0.39 is 18.0 Å². The summed E-state index contributed by atoms with van der Waals surface area (Å²) in [5.74, 6) is -1.19. The molecule has 1 unspecified atom stereocenters. The van der Waals surface area contributed by atoms with E-state index in [4.69, 9.17) is 16.3 Å². The van der Waals surface area contributed by atoms with Crippen LogP contribution in [0.3, 0.4) is 0 Å². The molecule has 28 heavy (non-hydrogen) atoms. The zero-order valence-electron chi connectivity index (χ0n) is 15.3. The molecule has 0 N–H and O–H groups in total. The first-order valence-electron chi connectivity index (χ1n) is 9.24. The molecule has 2 aromatic carbocycles. The topological polar surface area (TPSA) is 46.6 Å². The maximum Gasteiger partial charge on any atom is 0.332 e. The summed E-state index contributed by atoms with van der Waals surface area (Å²) in [6.07, 6.45) is 5.54. The Morgan fingerprint density at radius 2 is 1.89 bits per heavy atom. The first-order valence-corrected chi connectivity index (χ1v) is 9.61. The molecule has 1 saturated heterocycles. The van der Waals surface area contributed by atoms with Gasteiger partial charge in [-0.2, -0.15) is 0 Å². The van der Waals surface area contributed by atoms with Crippen LogP contribution < -0.4 is 0 Å². The Morgan fingerprint density at radius 1 is 1.11 bits per heavy atom. The highest BCUT2D eigenvalue weighted by atomic mass is 35.5. The smallest absolute Gasteiger partial charge is 0.332 e. The lowest BCUT2D eigenvalue weighted by Crippen LogP contribution is -2.42. The third-order valence-electron chi connectivity index (χ3n) is 4.56. The summed E-state index contributed by atoms with van der Waals surface area (Å²) in [6.45, 7) is 0.492. The van der Waals surface area contributed by atoms with Crippen LogP contribution in [0, 0.1) is 5.82 Å². The molecule has 4 nitrogen and oxygen atoms in total. The van der Waals surface area contributed by atoms with Gasteiger partial charge in [0, 0.05) is 29.6 Å². The number of likely N-dealkylation sites (tertiary alicyclic amines) is 1. The Balaban J connectivity index is 1.70. The van der Waals surface area contributed by atoms with Crippen molar-refractivity contribution in [2.75, 3.05) is 6.54 Å². The third-order valence-corrected chi connectivity index (χ3v) is 4.80. The third kappa shape index (κ3) is 5.42. The van der Waals surface area contributed by atoms with Crippen LogP contribution in [-0.4, -0.2) is 29.5 Å². The Morgan fingerprint density at radius 3 is 2.64 bits per heavy atom. The van der Waals surface area contributed by atoms with Crippen molar-refractivity contribution in [3.05, 3.63) is 76.6 Å². The number of nitrogens with zero attached hydrogens (tertiary/aromatic N) is 1. The molecule has 1 amide bonds. The molecule has 0 spiro atoms. The number of esters is 1. The molecular weight excluding hydrogens is 381 g/mol. The van der Waals surface area contributed by atoms with Crippen LogP contribution in [0.25, 0.3) is 6.08 Å². The zero-order chi connectivity index (χ0) is 19.9. The number of carbonyl (C=O) groups is 2. The summed E-state index contributed by atoms with van der Waals surface area (Å²) in [5, 5.41) is 0.579. The molecule has 0 bridgehead atoms. The van der Waals surface area contributed by atoms with E-state index in [0.29, 0.717) is 23.6 Å². The van der Waals surface area contributed by atoms with E-state index in [0.717, 1.165) is 24.8 Å². The molecule has 6 heteroatoms. The highest BCUT2D eigenvalue weighted by Crippen LogP contribution is 2.21. The van der Waals surface area contributed by atoms with Crippen molar-refractivity contribution in [3.8, 4) is 0 Å². The van der Waals surface area contributed by atoms with Crippen LogP contribution in [0.2, 0.25) is 5.02 Å². The Hall–Kier alpha value is -2.66. The van der Waals surface area contributed by atoms with Crippen LogP contribution in [0.15, 0.2) is 54.6 Å². The summed E-state index contributed by atoms with van der Waals surface area (Å²) < 4.78 is 18.7. The van der Waals surface area contributed by atoms with Crippen molar-refractivity contribution in [1.29, 1.82) is 0 Å². The molecule has 3 rings (SSSR count). The molecular formula is C22H21ClFNO3. The molecule has 2 aromatic rings. The molecule has 0 saturated carbocycles. The van der Waals surface area contributed by atoms with Crippen molar-refractivity contribution in [1.82, 2.24) is 4.90 Å². The van der Waals surface area contributed by atoms with Gasteiger partial charge in [-0.15, -0.1) is 0 Å². The zero-order valence-corrected chi connectivity index (χ0v) is 16.1. The summed E-state index contributed by atoms with van der Waals surface area (Å²) in [6, 6.07) is 12.5. The van der Waals surface area contributed by atoms with Crippen molar-refractivity contribution in [3.63, 3.8) is 0 Å². The van der Waals surface area contributed by atoms with Gasteiger partial charge < -0.3 is 9.64 Å². The van der Waals surface area contributed by atoms with Crippen molar-refractivity contribution >= 4 is 29.6 Å². The monoisotopic (exact) mass is 401 g/mol. The van der Waals surface area contributed by atoms with Gasteiger partial charge >= 0.3 is 5.97 Å². The lowest BCUT2D eigenvalue weighted by Gasteiger charge is -2.29. The van der Waals surface area contributed by atoms with E-state index in [2.05, 4.69) is 0 Å². The van der Waals surface area contributed by atoms with Gasteiger partial charge in [-0.05, 0) is 60.9 Å². The number of hydrogen-bond donors (Lipinski definition) is 0. The first kappa shape index (κ1) is 20.1. The molecule has 1 aliphatic heterocycles. The Kier molecular flexibility index (Phi) is 6.82. The number of benzene rings is 2. The van der Waals surface area contributed by atoms with Gasteiger partial charge in [0.2, 0.25) is 0 Å². The average Bonchev–Trinajstić information content (AvgIpc) is 2.92. The fraction of sp³-hybridized carbons (Fsp3) is 0.273. The van der Waals surface area contributed by atoms with Gasteiger partial charge in [0.1, 0.15) is 5.82 Å². The summed E-state index contributed by atoms with van der Waals surface area (Å²) in [4.78, 5) is 26.7. The van der Waals surface area contributed by atoms with Gasteiger partial charge in [-0.3, -0.25) is 4.79 Å². The number of carbonyl (C=O) groups excluding carboxylic acids is 2. The minimum absolute atomic E-state index is 0.265. The molecule has 0 aromatic heterocycles. The molecule has 1 fully saturated rings. The lowest BCUT2D eigenvalue weighted by atomic mass is 10.2. The van der Waals surface area contributed by atoms with Gasteiger partial charge in [-0.1, -0.05) is 30.2 Å². The summed E-state index contributed by atoms with van der Waals surface area (Å²) >= 11 is 5.94. The largest absolute Gasteiger partial charge is 0.438 e. The van der Waals surface area contributed by atoms with Crippen molar-refractivity contribution in [2.24, 2.45) is 0 Å². The SMILES string of the molecule is O=C(C=Cc1cccc(Cl)c1)OC1CCCCCN1C(=O)c1ccc(F)cc1. The molecule has 1 aliphatic rings. The van der Waals surface area contributed by atoms with E-state index >= 15 is 0 Å². The lowest BCUT2D eigenvalue weighted by molar-refractivity contribution is -0.150. The molecule has 0 radical (unpaired) electrons. The standard InChI is InChI=1S/C22H21ClFNO3/c23-18-6-4-5-16(15-18)8-13-21(26)28-20-7-2-1-3-14-25(20)22(27)17-9-11-19(24)12-10-17/h4-6,8-13,15,20H,1-3,7,14H2. The van der Waals surface area contributed by atoms with Gasteiger partial charge in [0.05, 0.1) is 0 Å². The predicted octanol–water partition coefficient (Wildman–Crippen LogP) is 5.08. The van der Waals surface area contributed by atoms with Crippen molar-refractivity contribution < 1.29 is 18.7 Å². The van der Waals surface area contributed by atoms with Gasteiger partial charge in [0.15, 0.2) is 6.23 Å². The molecule has 0 aliphatic carbocycles. The van der Waals surface area contributed by atoms with Gasteiger partial charge in [0.25, 0.3) is 5.91 Å². The maximum atomic E-state index is 13.1. The van der Waals surface area contributed by atoms with Crippen LogP contribution >= 0.6 is 11.6 Å². The second-order valence-electron chi connectivity index (χ2n) is 6.63. The quantitative estimate of drug-likeness (QED) is 0.530. The maximum absolute atomic E-state index is 13.1. The van der Waals surface area contributed by atoms with Crippen LogP contribution in [-0.2, 0) is 9.53 Å². The fourth-order valence-electron chi connectivity index (χ4n) is 3.14. The fourth-order valence-corrected chi connectivity index (χ4v) is 3.34. The number of hydrogen-bond acceptors (Lipinski definition) is 3. The molecule has 1 atom stereocenters. The van der Waals surface area contributed by atoms with E-state index in [-0.39, 0.29) is 5.91 Å². The predicted molar refractivity (Wildman–Crippen MR) is 106 cm³/mol. The second-order valence-corrected chi connectivity index (χ2v) is 7.07. The number of halogens is 2. The minimum atomic E-state index is -0.642. The highest BCUT2D eigenvalue weighted by molar-refractivity contribution is 6.30. The van der Waals surface area contributed by atoms with E-state index in [1.807, 2.05) is 6.07 Å². The highest BCUT2D eigenvalue weighted by Gasteiger charge is 2.28. The average molecular weight is 402 g/mol. The van der Waals surface area contributed by atoms with Crippen LogP contribution in [0.1, 0.15) is 41.6 Å². The minimum Gasteiger partial charge on any atom is -0.438 e. The van der Waals surface area contributed by atoms with Gasteiger partial charge in [-0.25, -0.2) is 9.18 Å². The summed E-state index contributed by atoms with van der Waals surface area (Å²) in [5.41, 5.74) is 1.16. The normalized spacial score (nSPS) is 17.4. The van der Waals surface area contributed by atoms with E-state index in [9.17, 15) is 14.0 Å². The summed E-state index contributed by atoms with van der Waals surface area (Å²) in [7, 11) is 0. The molecule has 1 heterocycles. The van der Waals surface area contributed by atoms with Crippen LogP contribution in [0.4, 0.5) is 4.39 Å². The number of amides is 1. The van der Waals surface area contributed by atoms with E-state index in [1.165, 1.54) is 30.3 Å². The van der Waals surface area contributed by atoms with E-state index in [1.54, 1.807) is 29.2 Å². The molecule has 146 valence electrons. The van der Waals surface area contributed by atoms with Crippen molar-refractivity contribution in [2.45, 2.75) is 31.9 Å². The first-order chi connectivity index (χ1) is 13.5. The Labute approximate surface area is 168 Å². The number of ether oxygens (including phenoxy) is 1. The second kappa shape index (κ2) is 9.51. The Bertz CT molecular complexity index is 866.